The highest BCUT2D eigenvalue weighted by Gasteiger charge is 2.17. The first-order valence-corrected chi connectivity index (χ1v) is 10.3. The van der Waals surface area contributed by atoms with E-state index in [2.05, 4.69) is 11.4 Å². The second kappa shape index (κ2) is 8.23. The van der Waals surface area contributed by atoms with Crippen molar-refractivity contribution in [3.05, 3.63) is 88.5 Å². The number of ether oxygens (including phenoxy) is 1. The van der Waals surface area contributed by atoms with Gasteiger partial charge < -0.3 is 10.1 Å². The molecule has 0 fully saturated rings. The second-order valence-corrected chi connectivity index (χ2v) is 7.97. The Kier molecular flexibility index (Phi) is 5.47. The zero-order valence-corrected chi connectivity index (χ0v) is 18.5. The number of nitrogens with zero attached hydrogens (tertiary/aromatic N) is 1. The highest BCUT2D eigenvalue weighted by Crippen LogP contribution is 2.30. The minimum atomic E-state index is -0.143. The third kappa shape index (κ3) is 4.02. The number of hydrogen-bond acceptors (Lipinski definition) is 3. The van der Waals surface area contributed by atoms with Crippen molar-refractivity contribution in [2.45, 2.75) is 27.7 Å². The van der Waals surface area contributed by atoms with E-state index in [1.165, 1.54) is 0 Å². The highest BCUT2D eigenvalue weighted by atomic mass is 16.5. The number of aryl methyl sites for hydroxylation is 3. The van der Waals surface area contributed by atoms with Crippen molar-refractivity contribution >= 4 is 22.5 Å². The molecule has 4 rings (SSSR count). The van der Waals surface area contributed by atoms with E-state index in [0.29, 0.717) is 5.56 Å². The standard InChI is InChI=1S/C27H26N2O2/c1-16-12-18(3)26-22(13-16)23(27(30)29-24-11-6-8-17(2)19(24)4)15-25(28-26)20-9-7-10-21(14-20)31-5/h6-15H,1-5H3,(H,29,30). The van der Waals surface area contributed by atoms with Crippen LogP contribution in [-0.4, -0.2) is 18.0 Å². The summed E-state index contributed by atoms with van der Waals surface area (Å²) in [5, 5.41) is 3.96. The lowest BCUT2D eigenvalue weighted by molar-refractivity contribution is 0.102. The van der Waals surface area contributed by atoms with Gasteiger partial charge in [-0.1, -0.05) is 35.9 Å². The number of benzene rings is 3. The SMILES string of the molecule is COc1cccc(-c2cc(C(=O)Nc3cccc(C)c3C)c3cc(C)cc(C)c3n2)c1. The van der Waals surface area contributed by atoms with Crippen molar-refractivity contribution in [2.75, 3.05) is 12.4 Å². The quantitative estimate of drug-likeness (QED) is 0.424. The summed E-state index contributed by atoms with van der Waals surface area (Å²) in [4.78, 5) is 18.4. The van der Waals surface area contributed by atoms with Gasteiger partial charge in [0.15, 0.2) is 0 Å². The highest BCUT2D eigenvalue weighted by molar-refractivity contribution is 6.13. The largest absolute Gasteiger partial charge is 0.497 e. The molecule has 0 aliphatic carbocycles. The Hall–Kier alpha value is -3.66. The Bertz CT molecular complexity index is 1310. The average Bonchev–Trinajstić information content (AvgIpc) is 2.76. The predicted molar refractivity (Wildman–Crippen MR) is 127 cm³/mol. The zero-order valence-electron chi connectivity index (χ0n) is 18.5. The Morgan fingerprint density at radius 3 is 2.45 bits per heavy atom. The molecular weight excluding hydrogens is 384 g/mol. The molecule has 3 aromatic carbocycles. The maximum Gasteiger partial charge on any atom is 0.256 e. The van der Waals surface area contributed by atoms with E-state index in [-0.39, 0.29) is 5.91 Å². The second-order valence-electron chi connectivity index (χ2n) is 7.97. The van der Waals surface area contributed by atoms with Crippen LogP contribution in [0.1, 0.15) is 32.6 Å². The number of carbonyl (C=O) groups is 1. The molecule has 0 saturated carbocycles. The number of pyridine rings is 1. The minimum absolute atomic E-state index is 0.143. The van der Waals surface area contributed by atoms with Gasteiger partial charge in [0.1, 0.15) is 5.75 Å². The van der Waals surface area contributed by atoms with Gasteiger partial charge in [-0.15, -0.1) is 0 Å². The van der Waals surface area contributed by atoms with E-state index in [9.17, 15) is 4.79 Å². The molecule has 0 aliphatic rings. The Morgan fingerprint density at radius 2 is 1.68 bits per heavy atom. The number of hydrogen-bond donors (Lipinski definition) is 1. The van der Waals surface area contributed by atoms with Crippen LogP contribution >= 0.6 is 0 Å². The molecule has 31 heavy (non-hydrogen) atoms. The number of anilines is 1. The van der Waals surface area contributed by atoms with E-state index >= 15 is 0 Å². The number of methoxy groups -OCH3 is 1. The van der Waals surface area contributed by atoms with Crippen molar-refractivity contribution in [1.29, 1.82) is 0 Å². The number of rotatable bonds is 4. The maximum absolute atomic E-state index is 13.5. The monoisotopic (exact) mass is 410 g/mol. The number of amides is 1. The van der Waals surface area contributed by atoms with Crippen LogP contribution in [0.3, 0.4) is 0 Å². The van der Waals surface area contributed by atoms with Crippen LogP contribution in [-0.2, 0) is 0 Å². The van der Waals surface area contributed by atoms with Crippen molar-refractivity contribution in [2.24, 2.45) is 0 Å². The summed E-state index contributed by atoms with van der Waals surface area (Å²) in [5.41, 5.74) is 8.25. The van der Waals surface area contributed by atoms with Gasteiger partial charge >= 0.3 is 0 Å². The Labute approximate surface area is 182 Å². The van der Waals surface area contributed by atoms with Crippen molar-refractivity contribution in [3.8, 4) is 17.0 Å². The maximum atomic E-state index is 13.5. The third-order valence-electron chi connectivity index (χ3n) is 5.71. The Balaban J connectivity index is 1.89. The fraction of sp³-hybridized carbons (Fsp3) is 0.185. The summed E-state index contributed by atoms with van der Waals surface area (Å²) in [5.74, 6) is 0.608. The molecule has 0 atom stereocenters. The third-order valence-corrected chi connectivity index (χ3v) is 5.71. The summed E-state index contributed by atoms with van der Waals surface area (Å²) >= 11 is 0. The molecule has 0 radical (unpaired) electrons. The van der Waals surface area contributed by atoms with Gasteiger partial charge in [-0.3, -0.25) is 4.79 Å². The molecule has 1 heterocycles. The summed E-state index contributed by atoms with van der Waals surface area (Å²) in [7, 11) is 1.64. The van der Waals surface area contributed by atoms with Crippen LogP contribution in [0.25, 0.3) is 22.2 Å². The van der Waals surface area contributed by atoms with Gasteiger partial charge in [-0.2, -0.15) is 0 Å². The van der Waals surface area contributed by atoms with Crippen molar-refractivity contribution in [1.82, 2.24) is 4.98 Å². The lowest BCUT2D eigenvalue weighted by atomic mass is 9.99. The van der Waals surface area contributed by atoms with Crippen molar-refractivity contribution < 1.29 is 9.53 Å². The number of aromatic nitrogens is 1. The van der Waals surface area contributed by atoms with Crippen LogP contribution in [0, 0.1) is 27.7 Å². The van der Waals surface area contributed by atoms with Gasteiger partial charge in [0.05, 0.1) is 23.9 Å². The summed E-state index contributed by atoms with van der Waals surface area (Å²) in [6.45, 7) is 8.13. The van der Waals surface area contributed by atoms with E-state index in [1.54, 1.807) is 7.11 Å². The number of carbonyl (C=O) groups excluding carboxylic acids is 1. The molecular formula is C27H26N2O2. The minimum Gasteiger partial charge on any atom is -0.497 e. The van der Waals surface area contributed by atoms with Crippen LogP contribution < -0.4 is 10.1 Å². The fourth-order valence-corrected chi connectivity index (χ4v) is 3.88. The molecule has 1 amide bonds. The molecule has 0 aliphatic heterocycles. The Morgan fingerprint density at radius 1 is 0.903 bits per heavy atom. The molecule has 0 saturated heterocycles. The predicted octanol–water partition coefficient (Wildman–Crippen LogP) is 6.40. The van der Waals surface area contributed by atoms with Gasteiger partial charge in [0, 0.05) is 16.6 Å². The molecule has 0 unspecified atom stereocenters. The first kappa shape index (κ1) is 20.6. The van der Waals surface area contributed by atoms with E-state index in [1.807, 2.05) is 82.3 Å². The first-order valence-electron chi connectivity index (χ1n) is 10.3. The van der Waals surface area contributed by atoms with Gasteiger partial charge in [-0.25, -0.2) is 4.98 Å². The van der Waals surface area contributed by atoms with Crippen LogP contribution in [0.2, 0.25) is 0 Å². The lowest BCUT2D eigenvalue weighted by Crippen LogP contribution is -2.14. The molecule has 0 bridgehead atoms. The molecule has 4 heteroatoms. The fourth-order valence-electron chi connectivity index (χ4n) is 3.88. The van der Waals surface area contributed by atoms with E-state index in [4.69, 9.17) is 9.72 Å². The lowest BCUT2D eigenvalue weighted by Gasteiger charge is -2.15. The molecule has 4 aromatic rings. The van der Waals surface area contributed by atoms with Crippen molar-refractivity contribution in [3.63, 3.8) is 0 Å². The molecule has 1 N–H and O–H groups in total. The normalized spacial score (nSPS) is 10.9. The van der Waals surface area contributed by atoms with Crippen LogP contribution in [0.4, 0.5) is 5.69 Å². The van der Waals surface area contributed by atoms with Crippen LogP contribution in [0.15, 0.2) is 60.7 Å². The molecule has 0 spiro atoms. The van der Waals surface area contributed by atoms with E-state index in [0.717, 1.165) is 55.9 Å². The zero-order chi connectivity index (χ0) is 22.1. The average molecular weight is 411 g/mol. The molecule has 4 nitrogen and oxygen atoms in total. The van der Waals surface area contributed by atoms with Gasteiger partial charge in [0.25, 0.3) is 5.91 Å². The first-order chi connectivity index (χ1) is 14.9. The smallest absolute Gasteiger partial charge is 0.256 e. The van der Waals surface area contributed by atoms with E-state index < -0.39 is 0 Å². The molecule has 1 aromatic heterocycles. The summed E-state index contributed by atoms with van der Waals surface area (Å²) < 4.78 is 5.38. The van der Waals surface area contributed by atoms with Crippen LogP contribution in [0.5, 0.6) is 5.75 Å². The molecule has 156 valence electrons. The summed E-state index contributed by atoms with van der Waals surface area (Å²) in [6.07, 6.45) is 0. The summed E-state index contributed by atoms with van der Waals surface area (Å²) in [6, 6.07) is 19.7. The van der Waals surface area contributed by atoms with Gasteiger partial charge in [-0.05, 0) is 74.7 Å². The topological polar surface area (TPSA) is 51.2 Å². The number of fused-ring (bicyclic) bond motifs is 1. The number of nitrogens with one attached hydrogen (secondary N) is 1. The van der Waals surface area contributed by atoms with Gasteiger partial charge in [0.2, 0.25) is 0 Å².